The molecule has 3 aromatic rings. The summed E-state index contributed by atoms with van der Waals surface area (Å²) in [4.78, 5) is 39.9. The van der Waals surface area contributed by atoms with Crippen LogP contribution in [-0.4, -0.2) is 22.8 Å². The number of carbonyl (C=O) groups excluding carboxylic acids is 3. The Bertz CT molecular complexity index is 1050. The van der Waals surface area contributed by atoms with Gasteiger partial charge in [-0.1, -0.05) is 29.8 Å². The van der Waals surface area contributed by atoms with Crippen LogP contribution in [0.3, 0.4) is 0 Å². The molecule has 0 aliphatic carbocycles. The summed E-state index contributed by atoms with van der Waals surface area (Å²) in [6.07, 6.45) is 0. The summed E-state index contributed by atoms with van der Waals surface area (Å²) in [5.41, 5.74) is 6.36. The predicted molar refractivity (Wildman–Crippen MR) is 109 cm³/mol. The zero-order chi connectivity index (χ0) is 20.1. The average molecular weight is 416 g/mol. The fourth-order valence-electron chi connectivity index (χ4n) is 2.25. The second kappa shape index (κ2) is 8.51. The number of para-hydroxylation sites is 1. The van der Waals surface area contributed by atoms with Crippen LogP contribution in [0.2, 0.25) is 5.02 Å². The van der Waals surface area contributed by atoms with Gasteiger partial charge in [-0.2, -0.15) is 0 Å². The molecule has 8 nitrogen and oxygen atoms in total. The van der Waals surface area contributed by atoms with Crippen LogP contribution in [0.5, 0.6) is 0 Å². The zero-order valence-electron chi connectivity index (χ0n) is 14.2. The maximum absolute atomic E-state index is 12.4. The van der Waals surface area contributed by atoms with E-state index in [4.69, 9.17) is 17.3 Å². The van der Waals surface area contributed by atoms with Gasteiger partial charge in [-0.25, -0.2) is 9.78 Å². The minimum atomic E-state index is -0.658. The Morgan fingerprint density at radius 2 is 1.79 bits per heavy atom. The van der Waals surface area contributed by atoms with Crippen molar-refractivity contribution in [2.75, 3.05) is 16.0 Å². The molecule has 0 spiro atoms. The van der Waals surface area contributed by atoms with Gasteiger partial charge in [0.05, 0.1) is 11.3 Å². The molecule has 0 aliphatic rings. The molecule has 2 aromatic carbocycles. The number of benzene rings is 2. The first-order chi connectivity index (χ1) is 13.4. The number of nitrogens with zero attached hydrogens (tertiary/aromatic N) is 1. The summed E-state index contributed by atoms with van der Waals surface area (Å²) in [5.74, 6) is -1.19. The number of urea groups is 1. The molecule has 0 radical (unpaired) electrons. The highest BCUT2D eigenvalue weighted by Gasteiger charge is 2.15. The molecule has 0 aliphatic heterocycles. The Kier molecular flexibility index (Phi) is 5.87. The molecular formula is C18H14ClN5O3S. The molecule has 0 bridgehead atoms. The molecule has 142 valence electrons. The lowest BCUT2D eigenvalue weighted by Gasteiger charge is -2.07. The average Bonchev–Trinajstić information content (AvgIpc) is 3.10. The third-order valence-electron chi connectivity index (χ3n) is 3.48. The van der Waals surface area contributed by atoms with Crippen molar-refractivity contribution >= 4 is 57.3 Å². The monoisotopic (exact) mass is 415 g/mol. The van der Waals surface area contributed by atoms with Gasteiger partial charge in [-0.05, 0) is 30.3 Å². The van der Waals surface area contributed by atoms with Gasteiger partial charge in [0.25, 0.3) is 11.8 Å². The van der Waals surface area contributed by atoms with Crippen molar-refractivity contribution in [3.63, 3.8) is 0 Å². The number of aromatic nitrogens is 1. The third-order valence-corrected chi connectivity index (χ3v) is 4.47. The Balaban J connectivity index is 1.64. The molecule has 4 amide bonds. The Morgan fingerprint density at radius 1 is 1.00 bits per heavy atom. The molecule has 5 N–H and O–H groups in total. The number of halogens is 1. The number of hydrogen-bond acceptors (Lipinski definition) is 5. The molecule has 1 heterocycles. The summed E-state index contributed by atoms with van der Waals surface area (Å²) in [5, 5.41) is 9.93. The molecule has 0 saturated carbocycles. The first kappa shape index (κ1) is 19.3. The molecule has 0 atom stereocenters. The summed E-state index contributed by atoms with van der Waals surface area (Å²) >= 11 is 6.95. The predicted octanol–water partition coefficient (Wildman–Crippen LogP) is 3.79. The Labute approximate surface area is 168 Å². The number of amides is 4. The van der Waals surface area contributed by atoms with Crippen LogP contribution in [0.1, 0.15) is 20.8 Å². The quantitative estimate of drug-likeness (QED) is 0.505. The second-order valence-electron chi connectivity index (χ2n) is 5.49. The first-order valence-corrected chi connectivity index (χ1v) is 9.17. The summed E-state index contributed by atoms with van der Waals surface area (Å²) in [7, 11) is 0. The molecule has 1 aromatic heterocycles. The highest BCUT2D eigenvalue weighted by atomic mass is 35.5. The Morgan fingerprint density at radius 3 is 2.54 bits per heavy atom. The minimum Gasteiger partial charge on any atom is -0.366 e. The van der Waals surface area contributed by atoms with Crippen molar-refractivity contribution < 1.29 is 14.4 Å². The van der Waals surface area contributed by atoms with E-state index in [1.165, 1.54) is 11.4 Å². The van der Waals surface area contributed by atoms with Gasteiger partial charge in [0.2, 0.25) is 0 Å². The van der Waals surface area contributed by atoms with Crippen LogP contribution in [0.25, 0.3) is 0 Å². The van der Waals surface area contributed by atoms with Crippen molar-refractivity contribution in [1.29, 1.82) is 0 Å². The summed E-state index contributed by atoms with van der Waals surface area (Å²) in [6.45, 7) is 0. The number of thiazole rings is 1. The highest BCUT2D eigenvalue weighted by molar-refractivity contribution is 7.14. The van der Waals surface area contributed by atoms with E-state index < -0.39 is 17.8 Å². The topological polar surface area (TPSA) is 126 Å². The lowest BCUT2D eigenvalue weighted by Crippen LogP contribution is -2.20. The highest BCUT2D eigenvalue weighted by Crippen LogP contribution is 2.20. The van der Waals surface area contributed by atoms with Crippen molar-refractivity contribution in [2.24, 2.45) is 5.73 Å². The van der Waals surface area contributed by atoms with Crippen molar-refractivity contribution in [1.82, 2.24) is 4.98 Å². The fourth-order valence-corrected chi connectivity index (χ4v) is 3.13. The van der Waals surface area contributed by atoms with Crippen LogP contribution in [-0.2, 0) is 0 Å². The van der Waals surface area contributed by atoms with Crippen molar-refractivity contribution in [2.45, 2.75) is 0 Å². The fraction of sp³-hybridized carbons (Fsp3) is 0. The molecule has 0 fully saturated rings. The van der Waals surface area contributed by atoms with Gasteiger partial charge in [0.15, 0.2) is 5.13 Å². The van der Waals surface area contributed by atoms with Crippen LogP contribution in [0.15, 0.2) is 53.9 Å². The van der Waals surface area contributed by atoms with E-state index in [0.29, 0.717) is 10.7 Å². The van der Waals surface area contributed by atoms with Gasteiger partial charge in [0.1, 0.15) is 5.69 Å². The molecule has 10 heteroatoms. The number of primary amides is 1. The van der Waals surface area contributed by atoms with Gasteiger partial charge in [-0.3, -0.25) is 14.9 Å². The lowest BCUT2D eigenvalue weighted by atomic mass is 10.1. The van der Waals surface area contributed by atoms with Crippen LogP contribution in [0, 0.1) is 0 Å². The van der Waals surface area contributed by atoms with E-state index in [-0.39, 0.29) is 22.1 Å². The van der Waals surface area contributed by atoms with E-state index in [0.717, 1.165) is 11.3 Å². The molecule has 0 saturated heterocycles. The first-order valence-electron chi connectivity index (χ1n) is 7.91. The van der Waals surface area contributed by atoms with E-state index in [2.05, 4.69) is 20.9 Å². The van der Waals surface area contributed by atoms with Crippen molar-refractivity contribution in [3.05, 3.63) is 70.2 Å². The lowest BCUT2D eigenvalue weighted by molar-refractivity contribution is 0.100. The number of nitrogens with one attached hydrogen (secondary N) is 3. The molecule has 3 rings (SSSR count). The van der Waals surface area contributed by atoms with Crippen molar-refractivity contribution in [3.8, 4) is 0 Å². The van der Waals surface area contributed by atoms with Gasteiger partial charge in [-0.15, -0.1) is 11.3 Å². The minimum absolute atomic E-state index is 0.0855. The van der Waals surface area contributed by atoms with E-state index in [9.17, 15) is 14.4 Å². The van der Waals surface area contributed by atoms with Gasteiger partial charge >= 0.3 is 6.03 Å². The third kappa shape index (κ3) is 4.84. The van der Waals surface area contributed by atoms with Gasteiger partial charge in [0, 0.05) is 16.1 Å². The number of rotatable bonds is 5. The number of hydrogen-bond donors (Lipinski definition) is 4. The summed E-state index contributed by atoms with van der Waals surface area (Å²) < 4.78 is 0. The van der Waals surface area contributed by atoms with E-state index in [1.54, 1.807) is 42.5 Å². The standard InChI is InChI=1S/C18H14ClN5O3S/c19-10-4-3-5-11(8-10)21-17(27)24-18-23-14(9-28-18)16(26)22-13-7-2-1-6-12(13)15(20)25/h1-9H,(H2,20,25)(H,22,26)(H2,21,23,24,27). The largest absolute Gasteiger partial charge is 0.366 e. The second-order valence-corrected chi connectivity index (χ2v) is 6.79. The van der Waals surface area contributed by atoms with Crippen LogP contribution >= 0.6 is 22.9 Å². The number of anilines is 3. The normalized spacial score (nSPS) is 10.2. The maximum atomic E-state index is 12.4. The smallest absolute Gasteiger partial charge is 0.325 e. The summed E-state index contributed by atoms with van der Waals surface area (Å²) in [6, 6.07) is 12.5. The molecule has 0 unspecified atom stereocenters. The van der Waals surface area contributed by atoms with Crippen LogP contribution in [0.4, 0.5) is 21.3 Å². The molecular weight excluding hydrogens is 402 g/mol. The number of nitrogens with two attached hydrogens (primary N) is 1. The SMILES string of the molecule is NC(=O)c1ccccc1NC(=O)c1csc(NC(=O)Nc2cccc(Cl)c2)n1. The van der Waals surface area contributed by atoms with E-state index >= 15 is 0 Å². The van der Waals surface area contributed by atoms with Gasteiger partial charge < -0.3 is 16.4 Å². The molecule has 28 heavy (non-hydrogen) atoms. The zero-order valence-corrected chi connectivity index (χ0v) is 15.8. The Hall–Kier alpha value is -3.43. The van der Waals surface area contributed by atoms with E-state index in [1.807, 2.05) is 0 Å². The van der Waals surface area contributed by atoms with Crippen LogP contribution < -0.4 is 21.7 Å². The maximum Gasteiger partial charge on any atom is 0.325 e. The number of carbonyl (C=O) groups is 3.